The zero-order chi connectivity index (χ0) is 23.2. The molecule has 4 aromatic rings. The molecule has 2 N–H and O–H groups in total. The van der Waals surface area contributed by atoms with Gasteiger partial charge >= 0.3 is 0 Å². The van der Waals surface area contributed by atoms with E-state index in [-0.39, 0.29) is 5.91 Å². The molecule has 0 unspecified atom stereocenters. The summed E-state index contributed by atoms with van der Waals surface area (Å²) < 4.78 is 9.00. The van der Waals surface area contributed by atoms with Crippen molar-refractivity contribution < 1.29 is 9.53 Å². The first-order chi connectivity index (χ1) is 16.1. The van der Waals surface area contributed by atoms with Gasteiger partial charge in [0, 0.05) is 44.3 Å². The van der Waals surface area contributed by atoms with Crippen LogP contribution in [0.2, 0.25) is 0 Å². The number of carbonyl (C=O) groups is 1. The zero-order valence-corrected chi connectivity index (χ0v) is 20.0. The molecule has 0 saturated heterocycles. The smallest absolute Gasteiger partial charge is 0.224 e. The van der Waals surface area contributed by atoms with E-state index >= 15 is 0 Å². The van der Waals surface area contributed by atoms with Crippen molar-refractivity contribution in [2.75, 3.05) is 37.9 Å². The maximum atomic E-state index is 12.6. The molecule has 4 rings (SSSR count). The minimum absolute atomic E-state index is 0.0124. The minimum Gasteiger partial charge on any atom is -0.383 e. The first-order valence-electron chi connectivity index (χ1n) is 11.0. The van der Waals surface area contributed by atoms with E-state index in [1.807, 2.05) is 30.1 Å². The number of nitrogens with zero attached hydrogens (tertiary/aromatic N) is 5. The number of aryl methyl sites for hydroxylation is 1. The van der Waals surface area contributed by atoms with Crippen molar-refractivity contribution in [3.8, 4) is 0 Å². The lowest BCUT2D eigenvalue weighted by Crippen LogP contribution is -2.28. The number of methoxy groups -OCH3 is 1. The number of fused-ring (bicyclic) bond motifs is 2. The average molecular weight is 468 g/mol. The molecule has 3 heterocycles. The Labute approximate surface area is 196 Å². The Morgan fingerprint density at radius 2 is 2.03 bits per heavy atom. The number of nitrogens with one attached hydrogen (secondary N) is 2. The molecule has 0 saturated carbocycles. The summed E-state index contributed by atoms with van der Waals surface area (Å²) >= 11 is 1.58. The van der Waals surface area contributed by atoms with Gasteiger partial charge in [-0.2, -0.15) is 5.10 Å². The number of amides is 1. The van der Waals surface area contributed by atoms with Gasteiger partial charge in [-0.15, -0.1) is 0 Å². The second-order valence-electron chi connectivity index (χ2n) is 7.62. The Balaban J connectivity index is 1.42. The fraction of sp³-hybridized carbons (Fsp3) is 0.391. The van der Waals surface area contributed by atoms with Crippen molar-refractivity contribution in [2.45, 2.75) is 25.0 Å². The number of anilines is 1. The maximum absolute atomic E-state index is 12.6. The highest BCUT2D eigenvalue weighted by molar-refractivity contribution is 7.99. The summed E-state index contributed by atoms with van der Waals surface area (Å²) in [7, 11) is 3.67. The van der Waals surface area contributed by atoms with Gasteiger partial charge in [0.2, 0.25) is 5.91 Å². The first-order valence-corrected chi connectivity index (χ1v) is 12.0. The summed E-state index contributed by atoms with van der Waals surface area (Å²) in [6.07, 6.45) is 4.13. The standard InChI is InChI=1S/C23H29N7O2S/c1-4-33-23-27-21(25-10-12-32-3)18-14-26-30(22(18)28-23)11-9-24-20(31)13-16-15-29(2)19-8-6-5-7-17(16)19/h5-8,14-15H,4,9-13H2,1-3H3,(H,24,31)(H,25,27,28). The molecule has 10 heteroatoms. The second kappa shape index (κ2) is 10.7. The normalized spacial score (nSPS) is 11.4. The molecule has 0 aliphatic heterocycles. The van der Waals surface area contributed by atoms with E-state index in [9.17, 15) is 4.79 Å². The number of rotatable bonds is 11. The molecule has 33 heavy (non-hydrogen) atoms. The van der Waals surface area contributed by atoms with Crippen LogP contribution in [0, 0.1) is 0 Å². The largest absolute Gasteiger partial charge is 0.383 e. The molecule has 174 valence electrons. The average Bonchev–Trinajstić information content (AvgIpc) is 3.35. The first kappa shape index (κ1) is 23.1. The summed E-state index contributed by atoms with van der Waals surface area (Å²) in [6.45, 7) is 4.29. The van der Waals surface area contributed by atoms with Crippen LogP contribution in [0.15, 0.2) is 41.8 Å². The van der Waals surface area contributed by atoms with Crippen molar-refractivity contribution in [3.63, 3.8) is 0 Å². The molecule has 0 fully saturated rings. The molecular formula is C23H29N7O2S. The lowest BCUT2D eigenvalue weighted by Gasteiger charge is -2.09. The quantitative estimate of drug-likeness (QED) is 0.199. The molecule has 3 aromatic heterocycles. The van der Waals surface area contributed by atoms with Crippen molar-refractivity contribution in [3.05, 3.63) is 42.2 Å². The zero-order valence-electron chi connectivity index (χ0n) is 19.2. The van der Waals surface area contributed by atoms with E-state index in [4.69, 9.17) is 4.74 Å². The van der Waals surface area contributed by atoms with Gasteiger partial charge in [0.25, 0.3) is 0 Å². The van der Waals surface area contributed by atoms with Gasteiger partial charge in [-0.3, -0.25) is 4.79 Å². The lowest BCUT2D eigenvalue weighted by atomic mass is 10.1. The molecule has 0 spiro atoms. The van der Waals surface area contributed by atoms with E-state index < -0.39 is 0 Å². The van der Waals surface area contributed by atoms with Gasteiger partial charge in [0.1, 0.15) is 5.82 Å². The highest BCUT2D eigenvalue weighted by Gasteiger charge is 2.14. The molecular weight excluding hydrogens is 438 g/mol. The van der Waals surface area contributed by atoms with Crippen LogP contribution in [-0.2, 0) is 29.5 Å². The van der Waals surface area contributed by atoms with Gasteiger partial charge in [0.05, 0.1) is 31.2 Å². The van der Waals surface area contributed by atoms with Gasteiger partial charge in [-0.05, 0) is 17.4 Å². The molecule has 0 radical (unpaired) electrons. The number of hydrogen-bond donors (Lipinski definition) is 2. The van der Waals surface area contributed by atoms with Crippen molar-refractivity contribution >= 4 is 45.4 Å². The third-order valence-corrected chi connectivity index (χ3v) is 6.05. The number of ether oxygens (including phenoxy) is 1. The molecule has 0 bridgehead atoms. The number of carbonyl (C=O) groups excluding carboxylic acids is 1. The van der Waals surface area contributed by atoms with Crippen LogP contribution in [-0.4, -0.2) is 62.8 Å². The van der Waals surface area contributed by atoms with Crippen molar-refractivity contribution in [1.82, 2.24) is 29.6 Å². The van der Waals surface area contributed by atoms with E-state index in [1.165, 1.54) is 0 Å². The third-order valence-electron chi connectivity index (χ3n) is 5.32. The van der Waals surface area contributed by atoms with Gasteiger partial charge < -0.3 is 19.9 Å². The maximum Gasteiger partial charge on any atom is 0.224 e. The van der Waals surface area contributed by atoms with Crippen LogP contribution >= 0.6 is 11.8 Å². The molecule has 1 aromatic carbocycles. The molecule has 0 aliphatic carbocycles. The van der Waals surface area contributed by atoms with Crippen LogP contribution in [0.4, 0.5) is 5.82 Å². The molecule has 9 nitrogen and oxygen atoms in total. The minimum atomic E-state index is -0.0124. The number of thioether (sulfide) groups is 1. The van der Waals surface area contributed by atoms with Gasteiger partial charge in [-0.25, -0.2) is 14.6 Å². The van der Waals surface area contributed by atoms with Crippen molar-refractivity contribution in [1.29, 1.82) is 0 Å². The fourth-order valence-corrected chi connectivity index (χ4v) is 4.37. The highest BCUT2D eigenvalue weighted by Crippen LogP contribution is 2.24. The monoisotopic (exact) mass is 467 g/mol. The Bertz CT molecular complexity index is 1250. The SMILES string of the molecule is CCSc1nc(NCCOC)c2cnn(CCNC(=O)Cc3cn(C)c4ccccc34)c2n1. The predicted octanol–water partition coefficient (Wildman–Crippen LogP) is 2.85. The number of aromatic nitrogens is 5. The van der Waals surface area contributed by atoms with E-state index in [2.05, 4.69) is 49.3 Å². The summed E-state index contributed by atoms with van der Waals surface area (Å²) in [6, 6.07) is 8.12. The lowest BCUT2D eigenvalue weighted by molar-refractivity contribution is -0.120. The van der Waals surface area contributed by atoms with Crippen LogP contribution < -0.4 is 10.6 Å². The second-order valence-corrected chi connectivity index (χ2v) is 8.85. The topological polar surface area (TPSA) is 98.9 Å². The van der Waals surface area contributed by atoms with Crippen molar-refractivity contribution in [2.24, 2.45) is 7.05 Å². The van der Waals surface area contributed by atoms with Crippen LogP contribution in [0.3, 0.4) is 0 Å². The summed E-state index contributed by atoms with van der Waals surface area (Å²) in [5.74, 6) is 1.61. The van der Waals surface area contributed by atoms with Crippen LogP contribution in [0.5, 0.6) is 0 Å². The Morgan fingerprint density at radius 3 is 2.85 bits per heavy atom. The Kier molecular flexibility index (Phi) is 7.46. The summed E-state index contributed by atoms with van der Waals surface area (Å²) in [5.41, 5.74) is 2.90. The van der Waals surface area contributed by atoms with Crippen LogP contribution in [0.1, 0.15) is 12.5 Å². The summed E-state index contributed by atoms with van der Waals surface area (Å²) in [5, 5.41) is 13.5. The van der Waals surface area contributed by atoms with E-state index in [0.717, 1.165) is 39.1 Å². The molecule has 0 atom stereocenters. The van der Waals surface area contributed by atoms with E-state index in [0.29, 0.717) is 37.8 Å². The van der Waals surface area contributed by atoms with Crippen LogP contribution in [0.25, 0.3) is 21.9 Å². The van der Waals surface area contributed by atoms with E-state index in [1.54, 1.807) is 25.1 Å². The third kappa shape index (κ3) is 5.28. The Morgan fingerprint density at radius 1 is 1.18 bits per heavy atom. The number of benzene rings is 1. The van der Waals surface area contributed by atoms with Gasteiger partial charge in [-0.1, -0.05) is 36.9 Å². The molecule has 1 amide bonds. The number of para-hydroxylation sites is 1. The fourth-order valence-electron chi connectivity index (χ4n) is 3.80. The molecule has 0 aliphatic rings. The van der Waals surface area contributed by atoms with Gasteiger partial charge in [0.15, 0.2) is 10.8 Å². The summed E-state index contributed by atoms with van der Waals surface area (Å²) in [4.78, 5) is 21.9. The number of hydrogen-bond acceptors (Lipinski definition) is 7. The predicted molar refractivity (Wildman–Crippen MR) is 132 cm³/mol. The highest BCUT2D eigenvalue weighted by atomic mass is 32.2. The Hall–Kier alpha value is -3.11.